The zero-order valence-electron chi connectivity index (χ0n) is 11.4. The van der Waals surface area contributed by atoms with E-state index < -0.39 is 0 Å². The minimum absolute atomic E-state index is 0.00296. The van der Waals surface area contributed by atoms with E-state index in [4.69, 9.17) is 11.5 Å². The van der Waals surface area contributed by atoms with E-state index in [1.807, 2.05) is 11.8 Å². The number of benzene rings is 1. The highest BCUT2D eigenvalue weighted by Gasteiger charge is 2.16. The van der Waals surface area contributed by atoms with E-state index >= 15 is 0 Å². The Morgan fingerprint density at radius 2 is 1.78 bits per heavy atom. The minimum Gasteiger partial charge on any atom is -0.399 e. The molecule has 100 valence electrons. The first kappa shape index (κ1) is 14.4. The third-order valence-electron chi connectivity index (χ3n) is 3.12. The van der Waals surface area contributed by atoms with E-state index in [1.165, 1.54) is 0 Å². The summed E-state index contributed by atoms with van der Waals surface area (Å²) < 4.78 is 0. The van der Waals surface area contributed by atoms with Gasteiger partial charge in [-0.2, -0.15) is 0 Å². The fraction of sp³-hybridized carbons (Fsp3) is 0.500. The van der Waals surface area contributed by atoms with Gasteiger partial charge in [-0.15, -0.1) is 0 Å². The number of nitrogens with two attached hydrogens (primary N) is 2. The van der Waals surface area contributed by atoms with Crippen LogP contribution in [0.5, 0.6) is 0 Å². The molecule has 0 radical (unpaired) electrons. The number of anilines is 2. The maximum absolute atomic E-state index is 12.3. The molecule has 1 unspecified atom stereocenters. The zero-order valence-corrected chi connectivity index (χ0v) is 11.4. The average molecular weight is 249 g/mol. The van der Waals surface area contributed by atoms with Gasteiger partial charge in [0.25, 0.3) is 5.91 Å². The molecule has 18 heavy (non-hydrogen) atoms. The maximum Gasteiger partial charge on any atom is 0.254 e. The van der Waals surface area contributed by atoms with Crippen molar-refractivity contribution in [2.75, 3.05) is 24.6 Å². The molecule has 1 amide bonds. The lowest BCUT2D eigenvalue weighted by molar-refractivity contribution is 0.0741. The highest BCUT2D eigenvalue weighted by atomic mass is 16.2. The number of hydrogen-bond donors (Lipinski definition) is 2. The fourth-order valence-corrected chi connectivity index (χ4v) is 1.84. The largest absolute Gasteiger partial charge is 0.399 e. The SMILES string of the molecule is CCC(C)CN(CC)C(=O)c1cc(N)cc(N)c1. The number of nitrogens with zero attached hydrogens (tertiary/aromatic N) is 1. The second kappa shape index (κ2) is 6.28. The smallest absolute Gasteiger partial charge is 0.254 e. The third kappa shape index (κ3) is 3.65. The van der Waals surface area contributed by atoms with Gasteiger partial charge in [0, 0.05) is 30.0 Å². The van der Waals surface area contributed by atoms with Gasteiger partial charge in [0.2, 0.25) is 0 Å². The molecule has 0 fully saturated rings. The maximum atomic E-state index is 12.3. The minimum atomic E-state index is -0.00296. The van der Waals surface area contributed by atoms with E-state index in [2.05, 4.69) is 13.8 Å². The van der Waals surface area contributed by atoms with E-state index in [0.29, 0.717) is 29.4 Å². The van der Waals surface area contributed by atoms with Crippen LogP contribution < -0.4 is 11.5 Å². The Labute approximate surface area is 109 Å². The van der Waals surface area contributed by atoms with E-state index in [9.17, 15) is 4.79 Å². The molecule has 0 bridgehead atoms. The van der Waals surface area contributed by atoms with Crippen molar-refractivity contribution in [1.82, 2.24) is 4.90 Å². The fourth-order valence-electron chi connectivity index (χ4n) is 1.84. The lowest BCUT2D eigenvalue weighted by Crippen LogP contribution is -2.34. The number of amides is 1. The predicted molar refractivity (Wildman–Crippen MR) is 76.3 cm³/mol. The Morgan fingerprint density at radius 1 is 1.22 bits per heavy atom. The predicted octanol–water partition coefficient (Wildman–Crippen LogP) is 2.36. The van der Waals surface area contributed by atoms with Crippen LogP contribution in [0.1, 0.15) is 37.6 Å². The molecule has 4 nitrogen and oxygen atoms in total. The number of nitrogen functional groups attached to an aromatic ring is 2. The summed E-state index contributed by atoms with van der Waals surface area (Å²) in [5.74, 6) is 0.490. The van der Waals surface area contributed by atoms with Gasteiger partial charge in [-0.1, -0.05) is 20.3 Å². The Balaban J connectivity index is 2.89. The van der Waals surface area contributed by atoms with Crippen LogP contribution in [-0.4, -0.2) is 23.9 Å². The van der Waals surface area contributed by atoms with Crippen LogP contribution in [0.25, 0.3) is 0 Å². The van der Waals surface area contributed by atoms with Crippen molar-refractivity contribution in [2.45, 2.75) is 27.2 Å². The van der Waals surface area contributed by atoms with Crippen LogP contribution in [-0.2, 0) is 0 Å². The Morgan fingerprint density at radius 3 is 2.22 bits per heavy atom. The lowest BCUT2D eigenvalue weighted by Gasteiger charge is -2.24. The molecule has 4 heteroatoms. The van der Waals surface area contributed by atoms with Crippen LogP contribution in [0.2, 0.25) is 0 Å². The van der Waals surface area contributed by atoms with Crippen LogP contribution in [0.3, 0.4) is 0 Å². The highest BCUT2D eigenvalue weighted by molar-refractivity contribution is 5.96. The molecule has 0 aliphatic rings. The lowest BCUT2D eigenvalue weighted by atomic mass is 10.1. The second-order valence-electron chi connectivity index (χ2n) is 4.75. The zero-order chi connectivity index (χ0) is 13.7. The molecule has 4 N–H and O–H groups in total. The summed E-state index contributed by atoms with van der Waals surface area (Å²) in [6.45, 7) is 7.71. The van der Waals surface area contributed by atoms with Crippen molar-refractivity contribution >= 4 is 17.3 Å². The first-order valence-corrected chi connectivity index (χ1v) is 6.43. The first-order valence-electron chi connectivity index (χ1n) is 6.43. The second-order valence-corrected chi connectivity index (χ2v) is 4.75. The summed E-state index contributed by atoms with van der Waals surface area (Å²) in [6.07, 6.45) is 1.06. The highest BCUT2D eigenvalue weighted by Crippen LogP contribution is 2.16. The van der Waals surface area contributed by atoms with Crippen molar-refractivity contribution in [1.29, 1.82) is 0 Å². The van der Waals surface area contributed by atoms with Gasteiger partial charge in [0.1, 0.15) is 0 Å². The number of carbonyl (C=O) groups is 1. The van der Waals surface area contributed by atoms with E-state index in [0.717, 1.165) is 13.0 Å². The summed E-state index contributed by atoms with van der Waals surface area (Å²) in [6, 6.07) is 5.01. The van der Waals surface area contributed by atoms with Crippen molar-refractivity contribution in [3.05, 3.63) is 23.8 Å². The normalized spacial score (nSPS) is 12.2. The molecule has 1 atom stereocenters. The van der Waals surface area contributed by atoms with E-state index in [1.54, 1.807) is 18.2 Å². The molecule has 1 rings (SSSR count). The summed E-state index contributed by atoms with van der Waals surface area (Å²) in [5.41, 5.74) is 13.1. The van der Waals surface area contributed by atoms with Crippen molar-refractivity contribution in [2.24, 2.45) is 5.92 Å². The molecule has 1 aromatic carbocycles. The molecule has 0 heterocycles. The first-order chi connectivity index (χ1) is 8.47. The van der Waals surface area contributed by atoms with Crippen LogP contribution >= 0.6 is 0 Å². The molecule has 0 saturated carbocycles. The van der Waals surface area contributed by atoms with Gasteiger partial charge in [0.15, 0.2) is 0 Å². The molecule has 0 aliphatic heterocycles. The molecule has 0 saturated heterocycles. The molecule has 1 aromatic rings. The van der Waals surface area contributed by atoms with E-state index in [-0.39, 0.29) is 5.91 Å². The number of rotatable bonds is 5. The van der Waals surface area contributed by atoms with Crippen LogP contribution in [0.15, 0.2) is 18.2 Å². The Kier molecular flexibility index (Phi) is 5.01. The molecular weight excluding hydrogens is 226 g/mol. The van der Waals surface area contributed by atoms with Crippen molar-refractivity contribution in [3.63, 3.8) is 0 Å². The molecule has 0 spiro atoms. The quantitative estimate of drug-likeness (QED) is 0.787. The number of hydrogen-bond acceptors (Lipinski definition) is 3. The van der Waals surface area contributed by atoms with Gasteiger partial charge in [-0.3, -0.25) is 4.79 Å². The van der Waals surface area contributed by atoms with Gasteiger partial charge in [-0.05, 0) is 31.0 Å². The van der Waals surface area contributed by atoms with Gasteiger partial charge >= 0.3 is 0 Å². The van der Waals surface area contributed by atoms with Gasteiger partial charge in [0.05, 0.1) is 0 Å². The average Bonchev–Trinajstić information content (AvgIpc) is 2.33. The summed E-state index contributed by atoms with van der Waals surface area (Å²) in [4.78, 5) is 14.2. The molecule has 0 aromatic heterocycles. The molecular formula is C14H23N3O. The van der Waals surface area contributed by atoms with Crippen molar-refractivity contribution < 1.29 is 4.79 Å². The third-order valence-corrected chi connectivity index (χ3v) is 3.12. The monoisotopic (exact) mass is 249 g/mol. The number of carbonyl (C=O) groups excluding carboxylic acids is 1. The standard InChI is InChI=1S/C14H23N3O/c1-4-10(3)9-17(5-2)14(18)11-6-12(15)8-13(16)7-11/h6-8,10H,4-5,9,15-16H2,1-3H3. The van der Waals surface area contributed by atoms with Gasteiger partial charge in [-0.25, -0.2) is 0 Å². The molecule has 0 aliphatic carbocycles. The van der Waals surface area contributed by atoms with Crippen LogP contribution in [0, 0.1) is 5.92 Å². The van der Waals surface area contributed by atoms with Crippen LogP contribution in [0.4, 0.5) is 11.4 Å². The van der Waals surface area contributed by atoms with Gasteiger partial charge < -0.3 is 16.4 Å². The Bertz CT molecular complexity index is 397. The topological polar surface area (TPSA) is 72.3 Å². The summed E-state index contributed by atoms with van der Waals surface area (Å²) >= 11 is 0. The van der Waals surface area contributed by atoms with Crippen molar-refractivity contribution in [3.8, 4) is 0 Å². The summed E-state index contributed by atoms with van der Waals surface area (Å²) in [5, 5.41) is 0. The Hall–Kier alpha value is -1.71. The summed E-state index contributed by atoms with van der Waals surface area (Å²) in [7, 11) is 0.